The highest BCUT2D eigenvalue weighted by Crippen LogP contribution is 2.30. The lowest BCUT2D eigenvalue weighted by Gasteiger charge is -2.26. The van der Waals surface area contributed by atoms with E-state index in [0.29, 0.717) is 11.1 Å². The zero-order valence-electron chi connectivity index (χ0n) is 14.6. The van der Waals surface area contributed by atoms with Crippen LogP contribution in [0.15, 0.2) is 47.4 Å². The molecule has 1 heterocycles. The molecule has 26 heavy (non-hydrogen) atoms. The number of hydrogen-bond donors (Lipinski definition) is 2. The SMILES string of the molecule is CC(C)(C)n1cc(C(=O)O)c(=O)c2cc(F)c(-c3ccc(O)cc3)cc21. The number of hydrogen-bond acceptors (Lipinski definition) is 3. The van der Waals surface area contributed by atoms with Crippen molar-refractivity contribution in [2.24, 2.45) is 0 Å². The van der Waals surface area contributed by atoms with Gasteiger partial charge in [-0.25, -0.2) is 9.18 Å². The number of nitrogens with zero attached hydrogens (tertiary/aromatic N) is 1. The maximum atomic E-state index is 14.7. The zero-order valence-corrected chi connectivity index (χ0v) is 14.6. The summed E-state index contributed by atoms with van der Waals surface area (Å²) in [4.78, 5) is 23.9. The number of rotatable bonds is 2. The lowest BCUT2D eigenvalue weighted by atomic mass is 9.99. The first-order chi connectivity index (χ1) is 12.1. The van der Waals surface area contributed by atoms with E-state index in [4.69, 9.17) is 0 Å². The van der Waals surface area contributed by atoms with E-state index in [2.05, 4.69) is 0 Å². The number of carboxylic acid groups (broad SMARTS) is 1. The predicted molar refractivity (Wildman–Crippen MR) is 97.2 cm³/mol. The number of aromatic carboxylic acids is 1. The minimum atomic E-state index is -1.35. The zero-order chi connectivity index (χ0) is 19.2. The van der Waals surface area contributed by atoms with Crippen LogP contribution in [0.5, 0.6) is 5.75 Å². The van der Waals surface area contributed by atoms with Crippen LogP contribution in [0.1, 0.15) is 31.1 Å². The van der Waals surface area contributed by atoms with Crippen LogP contribution in [0.25, 0.3) is 22.0 Å². The Morgan fingerprint density at radius 1 is 1.12 bits per heavy atom. The second-order valence-corrected chi connectivity index (χ2v) is 7.11. The van der Waals surface area contributed by atoms with Crippen molar-refractivity contribution in [1.29, 1.82) is 0 Å². The van der Waals surface area contributed by atoms with Gasteiger partial charge < -0.3 is 14.8 Å². The molecule has 0 radical (unpaired) electrons. The third-order valence-corrected chi connectivity index (χ3v) is 4.22. The van der Waals surface area contributed by atoms with Gasteiger partial charge in [-0.05, 0) is 50.6 Å². The minimum absolute atomic E-state index is 0.0138. The van der Waals surface area contributed by atoms with E-state index < -0.39 is 28.3 Å². The van der Waals surface area contributed by atoms with E-state index >= 15 is 0 Å². The molecular weight excluding hydrogens is 337 g/mol. The molecule has 0 aliphatic rings. The Labute approximate surface area is 149 Å². The number of aromatic nitrogens is 1. The number of benzene rings is 2. The fraction of sp³-hybridized carbons (Fsp3) is 0.200. The van der Waals surface area contributed by atoms with E-state index in [1.54, 1.807) is 16.7 Å². The van der Waals surface area contributed by atoms with E-state index in [0.717, 1.165) is 6.07 Å². The third kappa shape index (κ3) is 2.94. The molecule has 3 rings (SSSR count). The average Bonchev–Trinajstić information content (AvgIpc) is 2.54. The van der Waals surface area contributed by atoms with Crippen LogP contribution in [0.3, 0.4) is 0 Å². The second-order valence-electron chi connectivity index (χ2n) is 7.11. The molecule has 6 heteroatoms. The normalized spacial score (nSPS) is 11.7. The van der Waals surface area contributed by atoms with Gasteiger partial charge in [0.15, 0.2) is 0 Å². The number of phenolic OH excluding ortho intramolecular Hbond substituents is 1. The number of phenols is 1. The Bertz CT molecular complexity index is 1080. The highest BCUT2D eigenvalue weighted by molar-refractivity contribution is 5.94. The van der Waals surface area contributed by atoms with Crippen molar-refractivity contribution >= 4 is 16.9 Å². The van der Waals surface area contributed by atoms with Gasteiger partial charge in [0.2, 0.25) is 5.43 Å². The lowest BCUT2D eigenvalue weighted by molar-refractivity contribution is 0.0694. The largest absolute Gasteiger partial charge is 0.508 e. The Kier molecular flexibility index (Phi) is 4.06. The van der Waals surface area contributed by atoms with Gasteiger partial charge in [0.05, 0.1) is 5.52 Å². The first-order valence-electron chi connectivity index (χ1n) is 8.01. The molecule has 2 N–H and O–H groups in total. The number of carbonyl (C=O) groups is 1. The quantitative estimate of drug-likeness (QED) is 0.729. The molecular formula is C20H18FNO4. The van der Waals surface area contributed by atoms with E-state index in [1.165, 1.54) is 24.4 Å². The molecule has 5 nitrogen and oxygen atoms in total. The van der Waals surface area contributed by atoms with Gasteiger partial charge in [-0.3, -0.25) is 4.79 Å². The lowest BCUT2D eigenvalue weighted by Crippen LogP contribution is -2.27. The average molecular weight is 355 g/mol. The van der Waals surface area contributed by atoms with Gasteiger partial charge in [-0.1, -0.05) is 12.1 Å². The number of carboxylic acids is 1. The number of fused-ring (bicyclic) bond motifs is 1. The maximum absolute atomic E-state index is 14.7. The number of aromatic hydroxyl groups is 1. The van der Waals surface area contributed by atoms with Crippen LogP contribution in [-0.4, -0.2) is 20.7 Å². The minimum Gasteiger partial charge on any atom is -0.508 e. The van der Waals surface area contributed by atoms with Crippen LogP contribution >= 0.6 is 0 Å². The Morgan fingerprint density at radius 2 is 1.73 bits per heavy atom. The topological polar surface area (TPSA) is 79.5 Å². The molecule has 0 atom stereocenters. The predicted octanol–water partition coefficient (Wildman–Crippen LogP) is 3.97. The highest BCUT2D eigenvalue weighted by atomic mass is 19.1. The monoisotopic (exact) mass is 355 g/mol. The van der Waals surface area contributed by atoms with Crippen molar-refractivity contribution < 1.29 is 19.4 Å². The van der Waals surface area contributed by atoms with Crippen molar-refractivity contribution in [1.82, 2.24) is 4.57 Å². The highest BCUT2D eigenvalue weighted by Gasteiger charge is 2.22. The van der Waals surface area contributed by atoms with Crippen LogP contribution in [0.4, 0.5) is 4.39 Å². The van der Waals surface area contributed by atoms with Crippen LogP contribution in [0.2, 0.25) is 0 Å². The van der Waals surface area contributed by atoms with Gasteiger partial charge in [0.25, 0.3) is 0 Å². The van der Waals surface area contributed by atoms with Crippen molar-refractivity contribution in [2.45, 2.75) is 26.3 Å². The van der Waals surface area contributed by atoms with Crippen LogP contribution in [-0.2, 0) is 5.54 Å². The molecule has 0 spiro atoms. The fourth-order valence-corrected chi connectivity index (χ4v) is 2.91. The number of pyridine rings is 1. The Hall–Kier alpha value is -3.15. The van der Waals surface area contributed by atoms with Gasteiger partial charge in [0.1, 0.15) is 17.1 Å². The molecule has 0 unspecified atom stereocenters. The Balaban J connectivity index is 2.42. The first kappa shape index (κ1) is 17.7. The fourth-order valence-electron chi connectivity index (χ4n) is 2.91. The molecule has 1 aromatic heterocycles. The molecule has 2 aromatic carbocycles. The second kappa shape index (κ2) is 5.98. The van der Waals surface area contributed by atoms with Crippen molar-refractivity contribution in [3.63, 3.8) is 0 Å². The third-order valence-electron chi connectivity index (χ3n) is 4.22. The summed E-state index contributed by atoms with van der Waals surface area (Å²) in [5.41, 5.74) is -0.402. The molecule has 134 valence electrons. The summed E-state index contributed by atoms with van der Waals surface area (Å²) in [6, 6.07) is 8.66. The maximum Gasteiger partial charge on any atom is 0.341 e. The summed E-state index contributed by atoms with van der Waals surface area (Å²) < 4.78 is 16.4. The van der Waals surface area contributed by atoms with Crippen molar-refractivity contribution in [3.8, 4) is 16.9 Å². The van der Waals surface area contributed by atoms with Crippen LogP contribution in [0, 0.1) is 5.82 Å². The summed E-state index contributed by atoms with van der Waals surface area (Å²) in [7, 11) is 0. The molecule has 0 amide bonds. The van der Waals surface area contributed by atoms with Gasteiger partial charge >= 0.3 is 5.97 Å². The summed E-state index contributed by atoms with van der Waals surface area (Å²) in [5.74, 6) is -1.92. The summed E-state index contributed by atoms with van der Waals surface area (Å²) >= 11 is 0. The molecule has 3 aromatic rings. The van der Waals surface area contributed by atoms with Crippen molar-refractivity contribution in [2.75, 3.05) is 0 Å². The molecule has 0 saturated heterocycles. The van der Waals surface area contributed by atoms with Gasteiger partial charge in [0, 0.05) is 22.7 Å². The molecule has 0 saturated carbocycles. The molecule has 0 bridgehead atoms. The standard InChI is InChI=1S/C20H18FNO4/c1-20(2,3)22-10-15(19(25)26)18(24)14-8-16(21)13(9-17(14)22)11-4-6-12(23)7-5-11/h4-10,23H,1-3H3,(H,25,26). The molecule has 0 aliphatic heterocycles. The number of halogens is 1. The summed E-state index contributed by atoms with van der Waals surface area (Å²) in [6.07, 6.45) is 1.30. The van der Waals surface area contributed by atoms with Gasteiger partial charge in [-0.2, -0.15) is 0 Å². The van der Waals surface area contributed by atoms with Gasteiger partial charge in [-0.15, -0.1) is 0 Å². The van der Waals surface area contributed by atoms with Crippen LogP contribution < -0.4 is 5.43 Å². The Morgan fingerprint density at radius 3 is 2.27 bits per heavy atom. The van der Waals surface area contributed by atoms with E-state index in [-0.39, 0.29) is 16.7 Å². The summed E-state index contributed by atoms with van der Waals surface area (Å²) in [6.45, 7) is 5.60. The molecule has 0 aliphatic carbocycles. The van der Waals surface area contributed by atoms with Crippen molar-refractivity contribution in [3.05, 3.63) is 64.2 Å². The smallest absolute Gasteiger partial charge is 0.341 e. The first-order valence-corrected chi connectivity index (χ1v) is 8.01. The molecule has 0 fully saturated rings. The van der Waals surface area contributed by atoms with E-state index in [1.807, 2.05) is 20.8 Å². The van der Waals surface area contributed by atoms with E-state index in [9.17, 15) is 24.2 Å². The summed E-state index contributed by atoms with van der Waals surface area (Å²) in [5, 5.41) is 18.7.